The van der Waals surface area contributed by atoms with E-state index in [1.807, 2.05) is 7.05 Å². The molecule has 1 aliphatic carbocycles. The zero-order valence-corrected chi connectivity index (χ0v) is 14.5. The molecule has 110 valence electrons. The van der Waals surface area contributed by atoms with E-state index >= 15 is 0 Å². The lowest BCUT2D eigenvalue weighted by Gasteiger charge is -2.38. The lowest BCUT2D eigenvalue weighted by Crippen LogP contribution is -2.42. The molecule has 1 aromatic rings. The summed E-state index contributed by atoms with van der Waals surface area (Å²) < 4.78 is 0. The Balaban J connectivity index is 0.00000147. The van der Waals surface area contributed by atoms with E-state index < -0.39 is 0 Å². The highest BCUT2D eigenvalue weighted by molar-refractivity contribution is 14.0. The van der Waals surface area contributed by atoms with Gasteiger partial charge in [0.05, 0.1) is 0 Å². The first-order valence-electron chi connectivity index (χ1n) is 7.31. The van der Waals surface area contributed by atoms with Crippen LogP contribution in [0.3, 0.4) is 0 Å². The van der Waals surface area contributed by atoms with Crippen molar-refractivity contribution in [1.82, 2.24) is 10.2 Å². The quantitative estimate of drug-likeness (QED) is 0.481. The average Bonchev–Trinajstić information content (AvgIpc) is 2.86. The van der Waals surface area contributed by atoms with Crippen molar-refractivity contribution >= 4 is 29.9 Å². The van der Waals surface area contributed by atoms with Crippen LogP contribution in [0.4, 0.5) is 0 Å². The molecule has 1 aromatic carbocycles. The van der Waals surface area contributed by atoms with E-state index in [0.717, 1.165) is 19.0 Å². The third-order valence-corrected chi connectivity index (χ3v) is 4.66. The molecule has 1 saturated carbocycles. The van der Waals surface area contributed by atoms with Crippen LogP contribution in [0.5, 0.6) is 0 Å². The molecule has 3 nitrogen and oxygen atoms in total. The standard InChI is InChI=1S/C16H23N3.HI/c1-17-15(18-12-14-6-3-2-4-7-14)19-11-10-16(13-19)8-5-9-16;/h2-4,6-7H,5,8-13H2,1H3,(H,17,18);1H. The fourth-order valence-electron chi connectivity index (χ4n) is 3.31. The number of hydrogen-bond acceptors (Lipinski definition) is 1. The van der Waals surface area contributed by atoms with E-state index in [1.54, 1.807) is 0 Å². The lowest BCUT2D eigenvalue weighted by atomic mass is 9.68. The van der Waals surface area contributed by atoms with Gasteiger partial charge in [0.1, 0.15) is 0 Å². The van der Waals surface area contributed by atoms with Crippen molar-refractivity contribution in [1.29, 1.82) is 0 Å². The zero-order chi connectivity index (χ0) is 13.1. The van der Waals surface area contributed by atoms with Crippen LogP contribution in [0.15, 0.2) is 35.3 Å². The van der Waals surface area contributed by atoms with Crippen molar-refractivity contribution in [3.8, 4) is 0 Å². The van der Waals surface area contributed by atoms with Gasteiger partial charge < -0.3 is 10.2 Å². The number of hydrogen-bond donors (Lipinski definition) is 1. The molecule has 1 spiro atoms. The third-order valence-electron chi connectivity index (χ3n) is 4.66. The van der Waals surface area contributed by atoms with Gasteiger partial charge in [0, 0.05) is 26.7 Å². The lowest BCUT2D eigenvalue weighted by molar-refractivity contribution is 0.151. The molecule has 2 aliphatic rings. The van der Waals surface area contributed by atoms with Crippen molar-refractivity contribution in [2.45, 2.75) is 32.2 Å². The first-order chi connectivity index (χ1) is 9.31. The van der Waals surface area contributed by atoms with Gasteiger partial charge in [0.2, 0.25) is 0 Å². The Morgan fingerprint density at radius 1 is 1.25 bits per heavy atom. The highest BCUT2D eigenvalue weighted by atomic mass is 127. The number of likely N-dealkylation sites (tertiary alicyclic amines) is 1. The van der Waals surface area contributed by atoms with Gasteiger partial charge >= 0.3 is 0 Å². The summed E-state index contributed by atoms with van der Waals surface area (Å²) in [5, 5.41) is 3.49. The van der Waals surface area contributed by atoms with Crippen LogP contribution in [0, 0.1) is 5.41 Å². The number of benzene rings is 1. The van der Waals surface area contributed by atoms with Crippen LogP contribution in [0.2, 0.25) is 0 Å². The smallest absolute Gasteiger partial charge is 0.193 e. The predicted octanol–water partition coefficient (Wildman–Crippen LogP) is 3.26. The molecule has 3 rings (SSSR count). The molecule has 0 atom stereocenters. The van der Waals surface area contributed by atoms with E-state index in [1.165, 1.54) is 37.8 Å². The molecule has 0 unspecified atom stereocenters. The largest absolute Gasteiger partial charge is 0.352 e. The topological polar surface area (TPSA) is 27.6 Å². The Kier molecular flexibility index (Phi) is 5.29. The van der Waals surface area contributed by atoms with E-state index in [-0.39, 0.29) is 24.0 Å². The number of guanidine groups is 1. The van der Waals surface area contributed by atoms with Crippen LogP contribution < -0.4 is 5.32 Å². The SMILES string of the molecule is CN=C(NCc1ccccc1)N1CCC2(CCC2)C1.I. The van der Waals surface area contributed by atoms with Crippen LogP contribution in [0.25, 0.3) is 0 Å². The van der Waals surface area contributed by atoms with Crippen molar-refractivity contribution in [2.24, 2.45) is 10.4 Å². The van der Waals surface area contributed by atoms with Crippen LogP contribution >= 0.6 is 24.0 Å². The third kappa shape index (κ3) is 3.27. The minimum atomic E-state index is 0. The summed E-state index contributed by atoms with van der Waals surface area (Å²) in [5.41, 5.74) is 1.94. The highest BCUT2D eigenvalue weighted by Crippen LogP contribution is 2.47. The fraction of sp³-hybridized carbons (Fsp3) is 0.562. The molecular weight excluding hydrogens is 361 g/mol. The van der Waals surface area contributed by atoms with Gasteiger partial charge in [-0.2, -0.15) is 0 Å². The summed E-state index contributed by atoms with van der Waals surface area (Å²) >= 11 is 0. The van der Waals surface area contributed by atoms with Crippen molar-refractivity contribution < 1.29 is 0 Å². The summed E-state index contributed by atoms with van der Waals surface area (Å²) in [6.07, 6.45) is 5.60. The van der Waals surface area contributed by atoms with Crippen LogP contribution in [-0.2, 0) is 6.54 Å². The Morgan fingerprint density at radius 2 is 2.00 bits per heavy atom. The number of rotatable bonds is 2. The normalized spacial score (nSPS) is 20.4. The zero-order valence-electron chi connectivity index (χ0n) is 12.1. The van der Waals surface area contributed by atoms with Gasteiger partial charge in [-0.15, -0.1) is 24.0 Å². The van der Waals surface area contributed by atoms with Gasteiger partial charge in [-0.05, 0) is 30.2 Å². The Hall–Kier alpha value is -0.780. The predicted molar refractivity (Wildman–Crippen MR) is 94.5 cm³/mol. The summed E-state index contributed by atoms with van der Waals surface area (Å²) in [4.78, 5) is 6.87. The monoisotopic (exact) mass is 385 g/mol. The molecule has 1 heterocycles. The summed E-state index contributed by atoms with van der Waals surface area (Å²) in [6, 6.07) is 10.5. The molecule has 0 amide bonds. The van der Waals surface area contributed by atoms with Crippen LogP contribution in [0.1, 0.15) is 31.2 Å². The van der Waals surface area contributed by atoms with Gasteiger partial charge in [0.15, 0.2) is 5.96 Å². The van der Waals surface area contributed by atoms with Crippen molar-refractivity contribution in [2.75, 3.05) is 20.1 Å². The highest BCUT2D eigenvalue weighted by Gasteiger charge is 2.43. The van der Waals surface area contributed by atoms with Gasteiger partial charge in [-0.3, -0.25) is 4.99 Å². The molecule has 1 N–H and O–H groups in total. The molecular formula is C16H24IN3. The summed E-state index contributed by atoms with van der Waals surface area (Å²) in [7, 11) is 1.89. The van der Waals surface area contributed by atoms with E-state index in [9.17, 15) is 0 Å². The molecule has 0 aromatic heterocycles. The van der Waals surface area contributed by atoms with Crippen molar-refractivity contribution in [3.63, 3.8) is 0 Å². The summed E-state index contributed by atoms with van der Waals surface area (Å²) in [6.45, 7) is 3.22. The minimum absolute atomic E-state index is 0. The number of halogens is 1. The van der Waals surface area contributed by atoms with E-state index in [0.29, 0.717) is 5.41 Å². The molecule has 2 fully saturated rings. The second-order valence-electron chi connectivity index (χ2n) is 5.91. The van der Waals surface area contributed by atoms with Gasteiger partial charge in [-0.1, -0.05) is 36.8 Å². The van der Waals surface area contributed by atoms with E-state index in [2.05, 4.69) is 45.5 Å². The molecule has 0 radical (unpaired) electrons. The Morgan fingerprint density at radius 3 is 2.55 bits per heavy atom. The maximum absolute atomic E-state index is 4.44. The Bertz CT molecular complexity index is 454. The fourth-order valence-corrected chi connectivity index (χ4v) is 3.31. The maximum atomic E-state index is 4.44. The number of nitrogens with zero attached hydrogens (tertiary/aromatic N) is 2. The molecule has 1 aliphatic heterocycles. The molecule has 0 bridgehead atoms. The molecule has 20 heavy (non-hydrogen) atoms. The van der Waals surface area contributed by atoms with E-state index in [4.69, 9.17) is 0 Å². The molecule has 1 saturated heterocycles. The number of nitrogens with one attached hydrogen (secondary N) is 1. The van der Waals surface area contributed by atoms with Crippen LogP contribution in [-0.4, -0.2) is 31.0 Å². The average molecular weight is 385 g/mol. The maximum Gasteiger partial charge on any atom is 0.193 e. The number of aliphatic imine (C=N–C) groups is 1. The Labute approximate surface area is 138 Å². The van der Waals surface area contributed by atoms with Gasteiger partial charge in [-0.25, -0.2) is 0 Å². The summed E-state index contributed by atoms with van der Waals surface area (Å²) in [5.74, 6) is 1.06. The first kappa shape index (κ1) is 15.6. The molecule has 4 heteroatoms. The minimum Gasteiger partial charge on any atom is -0.352 e. The second-order valence-corrected chi connectivity index (χ2v) is 5.91. The first-order valence-corrected chi connectivity index (χ1v) is 7.31. The van der Waals surface area contributed by atoms with Crippen molar-refractivity contribution in [3.05, 3.63) is 35.9 Å². The van der Waals surface area contributed by atoms with Gasteiger partial charge in [0.25, 0.3) is 0 Å². The second kappa shape index (κ2) is 6.78.